The van der Waals surface area contributed by atoms with Crippen molar-refractivity contribution in [2.75, 3.05) is 26.7 Å². The predicted octanol–water partition coefficient (Wildman–Crippen LogP) is 3.09. The summed E-state index contributed by atoms with van der Waals surface area (Å²) in [5.41, 5.74) is 2.54. The van der Waals surface area contributed by atoms with Crippen LogP contribution in [0.4, 0.5) is 13.2 Å². The monoisotopic (exact) mass is 468 g/mol. The number of carbonyl (C=O) groups excluding carboxylic acids is 1. The zero-order valence-electron chi connectivity index (χ0n) is 18.3. The number of fused-ring (bicyclic) bond motifs is 1. The molecule has 2 aromatic rings. The summed E-state index contributed by atoms with van der Waals surface area (Å²) in [4.78, 5) is 25.3. The Morgan fingerprint density at radius 3 is 2.52 bits per heavy atom. The number of amides is 1. The van der Waals surface area contributed by atoms with Crippen LogP contribution in [-0.2, 0) is 22.7 Å². The normalized spacial score (nSPS) is 18.5. The fourth-order valence-electron chi connectivity index (χ4n) is 4.03. The Balaban J connectivity index is 0.000000383. The van der Waals surface area contributed by atoms with Crippen LogP contribution in [0, 0.1) is 0 Å². The molecular formula is C22H27F3N4O4. The van der Waals surface area contributed by atoms with Gasteiger partial charge in [0.1, 0.15) is 5.75 Å². The van der Waals surface area contributed by atoms with Gasteiger partial charge in [-0.15, -0.1) is 0 Å². The highest BCUT2D eigenvalue weighted by molar-refractivity contribution is 5.78. The summed E-state index contributed by atoms with van der Waals surface area (Å²) in [7, 11) is 1.69. The zero-order valence-corrected chi connectivity index (χ0v) is 18.3. The average Bonchev–Trinajstić information content (AvgIpc) is 3.41. The first-order valence-electron chi connectivity index (χ1n) is 10.6. The second-order valence-corrected chi connectivity index (χ2v) is 8.01. The lowest BCUT2D eigenvalue weighted by atomic mass is 10.1. The van der Waals surface area contributed by atoms with Crippen molar-refractivity contribution in [3.8, 4) is 5.75 Å². The van der Waals surface area contributed by atoms with Crippen LogP contribution in [0.1, 0.15) is 36.6 Å². The number of likely N-dealkylation sites (tertiary alicyclic amines) is 1. The number of nitrogens with zero attached hydrogens (tertiary/aromatic N) is 4. The fourth-order valence-corrected chi connectivity index (χ4v) is 4.03. The Kier molecular flexibility index (Phi) is 7.96. The maximum Gasteiger partial charge on any atom is 0.490 e. The molecule has 0 radical (unpaired) electrons. The number of hydrogen-bond donors (Lipinski definition) is 1. The summed E-state index contributed by atoms with van der Waals surface area (Å²) < 4.78 is 39.1. The van der Waals surface area contributed by atoms with E-state index >= 15 is 0 Å². The number of alkyl halides is 3. The quantitative estimate of drug-likeness (QED) is 0.701. The molecular weight excluding hydrogens is 441 g/mol. The molecule has 1 aromatic heterocycles. The van der Waals surface area contributed by atoms with Crippen molar-refractivity contribution in [1.82, 2.24) is 19.6 Å². The molecule has 1 aromatic carbocycles. The molecule has 0 bridgehead atoms. The van der Waals surface area contributed by atoms with Gasteiger partial charge >= 0.3 is 12.1 Å². The van der Waals surface area contributed by atoms with E-state index < -0.39 is 12.1 Å². The minimum atomic E-state index is -5.08. The van der Waals surface area contributed by atoms with E-state index in [0.29, 0.717) is 18.4 Å². The maximum atomic E-state index is 11.9. The summed E-state index contributed by atoms with van der Waals surface area (Å²) in [5.74, 6) is -1.57. The molecule has 8 nitrogen and oxygen atoms in total. The molecule has 2 aliphatic rings. The van der Waals surface area contributed by atoms with Crippen molar-refractivity contribution in [2.24, 2.45) is 0 Å². The molecule has 4 rings (SSSR count). The van der Waals surface area contributed by atoms with E-state index in [2.05, 4.69) is 32.9 Å². The average molecular weight is 468 g/mol. The Morgan fingerprint density at radius 1 is 1.24 bits per heavy atom. The van der Waals surface area contributed by atoms with Gasteiger partial charge in [-0.05, 0) is 36.6 Å². The molecule has 0 aliphatic carbocycles. The van der Waals surface area contributed by atoms with Crippen LogP contribution in [0.2, 0.25) is 0 Å². The molecule has 2 aliphatic heterocycles. The first-order chi connectivity index (χ1) is 15.7. The van der Waals surface area contributed by atoms with Crippen molar-refractivity contribution in [1.29, 1.82) is 0 Å². The number of aromatic nitrogens is 2. The van der Waals surface area contributed by atoms with E-state index in [-0.39, 0.29) is 0 Å². The minimum absolute atomic E-state index is 0.302. The van der Waals surface area contributed by atoms with Crippen LogP contribution in [0.5, 0.6) is 5.75 Å². The number of methoxy groups -OCH3 is 1. The van der Waals surface area contributed by atoms with Crippen LogP contribution >= 0.6 is 0 Å². The number of ether oxygens (including phenoxy) is 1. The van der Waals surface area contributed by atoms with Gasteiger partial charge in [0.15, 0.2) is 0 Å². The number of carbonyl (C=O) groups is 2. The van der Waals surface area contributed by atoms with Crippen molar-refractivity contribution in [3.63, 3.8) is 0 Å². The number of carboxylic acids is 1. The number of aliphatic carboxylic acids is 1. The van der Waals surface area contributed by atoms with Crippen molar-refractivity contribution >= 4 is 11.9 Å². The second-order valence-electron chi connectivity index (χ2n) is 8.01. The Morgan fingerprint density at radius 2 is 1.94 bits per heavy atom. The molecule has 0 saturated carbocycles. The third-order valence-electron chi connectivity index (χ3n) is 5.66. The van der Waals surface area contributed by atoms with Gasteiger partial charge in [0.2, 0.25) is 5.91 Å². The summed E-state index contributed by atoms with van der Waals surface area (Å²) in [6.07, 6.45) is -0.527. The van der Waals surface area contributed by atoms with Crippen LogP contribution in [-0.4, -0.2) is 69.5 Å². The van der Waals surface area contributed by atoms with Crippen molar-refractivity contribution in [2.45, 2.75) is 44.6 Å². The molecule has 180 valence electrons. The van der Waals surface area contributed by atoms with Gasteiger partial charge in [0.25, 0.3) is 0 Å². The van der Waals surface area contributed by atoms with Gasteiger partial charge in [-0.1, -0.05) is 12.1 Å². The Labute approximate surface area is 189 Å². The molecule has 1 amide bonds. The number of rotatable bonds is 6. The molecule has 11 heteroatoms. The van der Waals surface area contributed by atoms with Gasteiger partial charge in [-0.3, -0.25) is 14.4 Å². The standard InChI is InChI=1S/C20H26N4O2.C2HF3O2/c1-26-19-6-4-16(5-7-19)13-22-14-17-8-10-21-24(17)18(15-22)9-12-23-11-2-3-20(23)25;3-2(4,5)1(6)7/h4-8,10,18H,2-3,9,11-15H2,1H3;(H,6,7). The maximum absolute atomic E-state index is 11.9. The predicted molar refractivity (Wildman–Crippen MR) is 112 cm³/mol. The van der Waals surface area contributed by atoms with Crippen molar-refractivity contribution in [3.05, 3.63) is 47.8 Å². The summed E-state index contributed by atoms with van der Waals surface area (Å²) in [5, 5.41) is 11.7. The molecule has 33 heavy (non-hydrogen) atoms. The van der Waals surface area contributed by atoms with E-state index in [1.54, 1.807) is 7.11 Å². The number of hydrogen-bond acceptors (Lipinski definition) is 5. The fraction of sp³-hybridized carbons (Fsp3) is 0.500. The molecule has 1 N–H and O–H groups in total. The van der Waals surface area contributed by atoms with Crippen LogP contribution in [0.3, 0.4) is 0 Å². The summed E-state index contributed by atoms with van der Waals surface area (Å²) in [6, 6.07) is 10.7. The highest BCUT2D eigenvalue weighted by Gasteiger charge is 2.38. The van der Waals surface area contributed by atoms with Gasteiger partial charge in [-0.25, -0.2) is 4.79 Å². The van der Waals surface area contributed by atoms with Crippen molar-refractivity contribution < 1.29 is 32.6 Å². The lowest BCUT2D eigenvalue weighted by Crippen LogP contribution is -2.39. The summed E-state index contributed by atoms with van der Waals surface area (Å²) in [6.45, 7) is 4.52. The molecule has 1 saturated heterocycles. The van der Waals surface area contributed by atoms with E-state index in [4.69, 9.17) is 14.6 Å². The smallest absolute Gasteiger partial charge is 0.490 e. The van der Waals surface area contributed by atoms with E-state index in [1.165, 1.54) is 11.3 Å². The van der Waals surface area contributed by atoms with Gasteiger partial charge in [0.05, 0.1) is 18.8 Å². The molecule has 0 spiro atoms. The Bertz CT molecular complexity index is 946. The van der Waals surface area contributed by atoms with Crippen LogP contribution in [0.25, 0.3) is 0 Å². The van der Waals surface area contributed by atoms with Gasteiger partial charge < -0.3 is 14.7 Å². The highest BCUT2D eigenvalue weighted by atomic mass is 19.4. The third-order valence-corrected chi connectivity index (χ3v) is 5.66. The van der Waals surface area contributed by atoms with E-state index in [9.17, 15) is 18.0 Å². The zero-order chi connectivity index (χ0) is 24.0. The second kappa shape index (κ2) is 10.7. The largest absolute Gasteiger partial charge is 0.497 e. The molecule has 3 heterocycles. The minimum Gasteiger partial charge on any atom is -0.497 e. The van der Waals surface area contributed by atoms with Crippen LogP contribution in [0.15, 0.2) is 36.5 Å². The van der Waals surface area contributed by atoms with Crippen LogP contribution < -0.4 is 4.74 Å². The Hall–Kier alpha value is -3.08. The highest BCUT2D eigenvalue weighted by Crippen LogP contribution is 2.26. The number of carboxylic acid groups (broad SMARTS) is 1. The van der Waals surface area contributed by atoms with Gasteiger partial charge in [0, 0.05) is 45.3 Å². The van der Waals surface area contributed by atoms with Gasteiger partial charge in [-0.2, -0.15) is 18.3 Å². The first-order valence-corrected chi connectivity index (χ1v) is 10.6. The molecule has 1 fully saturated rings. The first kappa shape index (κ1) is 24.6. The number of benzene rings is 1. The molecule has 1 unspecified atom stereocenters. The van der Waals surface area contributed by atoms with E-state index in [1.807, 2.05) is 23.2 Å². The van der Waals surface area contributed by atoms with E-state index in [0.717, 1.165) is 51.3 Å². The molecule has 1 atom stereocenters. The topological polar surface area (TPSA) is 87.9 Å². The third kappa shape index (κ3) is 6.70. The number of halogens is 3. The lowest BCUT2D eigenvalue weighted by molar-refractivity contribution is -0.192. The SMILES string of the molecule is COc1ccc(CN2Cc3ccnn3C(CCN3CCCC3=O)C2)cc1.O=C(O)C(F)(F)F. The summed E-state index contributed by atoms with van der Waals surface area (Å²) >= 11 is 0. The lowest BCUT2D eigenvalue weighted by Gasteiger charge is -2.34.